The Morgan fingerprint density at radius 3 is 2.57 bits per heavy atom. The van der Waals surface area contributed by atoms with Crippen LogP contribution in [0.3, 0.4) is 0 Å². The highest BCUT2D eigenvalue weighted by Crippen LogP contribution is 2.22. The number of aliphatic hydroxyl groups excluding tert-OH is 1. The van der Waals surface area contributed by atoms with Crippen molar-refractivity contribution in [2.24, 2.45) is 12.5 Å². The van der Waals surface area contributed by atoms with Gasteiger partial charge in [-0.3, -0.25) is 4.68 Å². The Morgan fingerprint density at radius 2 is 2.14 bits per heavy atom. The zero-order chi connectivity index (χ0) is 10.8. The molecule has 0 aliphatic heterocycles. The Hall–Kier alpha value is -0.900. The fourth-order valence-electron chi connectivity index (χ4n) is 1.23. The van der Waals surface area contributed by atoms with E-state index in [0.29, 0.717) is 0 Å². The van der Waals surface area contributed by atoms with E-state index in [9.17, 15) is 5.11 Å². The van der Waals surface area contributed by atoms with Crippen molar-refractivity contribution in [2.75, 3.05) is 0 Å². The minimum atomic E-state index is -0.287. The molecule has 0 aromatic carbocycles. The van der Waals surface area contributed by atoms with E-state index in [0.717, 1.165) is 18.5 Å². The van der Waals surface area contributed by atoms with Gasteiger partial charge in [-0.2, -0.15) is 0 Å². The van der Waals surface area contributed by atoms with Crippen LogP contribution in [0, 0.1) is 5.41 Å². The van der Waals surface area contributed by atoms with Crippen LogP contribution in [0.25, 0.3) is 0 Å². The molecule has 1 heterocycles. The third-order valence-electron chi connectivity index (χ3n) is 2.32. The molecular formula is C10H19N3O. The molecule has 0 aliphatic carbocycles. The minimum Gasteiger partial charge on any atom is -0.393 e. The van der Waals surface area contributed by atoms with E-state index in [1.165, 1.54) is 0 Å². The Labute approximate surface area is 84.9 Å². The summed E-state index contributed by atoms with van der Waals surface area (Å²) < 4.78 is 1.68. The van der Waals surface area contributed by atoms with Crippen LogP contribution in [0.5, 0.6) is 0 Å². The monoisotopic (exact) mass is 197 g/mol. The quantitative estimate of drug-likeness (QED) is 0.791. The normalized spacial score (nSPS) is 14.4. The third-order valence-corrected chi connectivity index (χ3v) is 2.32. The van der Waals surface area contributed by atoms with Gasteiger partial charge in [0.1, 0.15) is 0 Å². The van der Waals surface area contributed by atoms with Crippen LogP contribution in [0.1, 0.15) is 32.9 Å². The first-order valence-corrected chi connectivity index (χ1v) is 4.93. The van der Waals surface area contributed by atoms with Gasteiger partial charge in [0.25, 0.3) is 0 Å². The molecule has 1 aromatic heterocycles. The van der Waals surface area contributed by atoms with E-state index >= 15 is 0 Å². The molecule has 0 saturated carbocycles. The molecule has 14 heavy (non-hydrogen) atoms. The van der Waals surface area contributed by atoms with E-state index in [1.807, 2.05) is 34.0 Å². The molecule has 0 spiro atoms. The highest BCUT2D eigenvalue weighted by atomic mass is 16.3. The molecule has 0 bridgehead atoms. The molecule has 0 radical (unpaired) electrons. The lowest BCUT2D eigenvalue weighted by Crippen LogP contribution is -2.26. The van der Waals surface area contributed by atoms with Crippen molar-refractivity contribution < 1.29 is 5.11 Å². The number of nitrogens with zero attached hydrogens (tertiary/aromatic N) is 3. The van der Waals surface area contributed by atoms with Crippen LogP contribution in [0.4, 0.5) is 0 Å². The molecular weight excluding hydrogens is 178 g/mol. The first kappa shape index (κ1) is 11.2. The van der Waals surface area contributed by atoms with E-state index in [2.05, 4.69) is 10.3 Å². The standard InChI is InChI=1S/C10H19N3O/c1-10(2,3)9(14)6-5-8-7-13(4)12-11-8/h7,9,14H,5-6H2,1-4H3. The van der Waals surface area contributed by atoms with Gasteiger partial charge in [-0.25, -0.2) is 0 Å². The second-order valence-electron chi connectivity index (χ2n) is 4.80. The molecule has 1 N–H and O–H groups in total. The molecule has 0 aliphatic rings. The third kappa shape index (κ3) is 3.10. The number of rotatable bonds is 3. The van der Waals surface area contributed by atoms with Gasteiger partial charge in [-0.15, -0.1) is 5.10 Å². The average Bonchev–Trinajstić information content (AvgIpc) is 2.45. The van der Waals surface area contributed by atoms with Gasteiger partial charge in [-0.05, 0) is 18.3 Å². The average molecular weight is 197 g/mol. The van der Waals surface area contributed by atoms with Crippen molar-refractivity contribution in [2.45, 2.75) is 39.7 Å². The van der Waals surface area contributed by atoms with Crippen LogP contribution in [0.2, 0.25) is 0 Å². The van der Waals surface area contributed by atoms with Crippen molar-refractivity contribution in [1.29, 1.82) is 0 Å². The summed E-state index contributed by atoms with van der Waals surface area (Å²) in [7, 11) is 1.84. The van der Waals surface area contributed by atoms with Crippen molar-refractivity contribution in [3.8, 4) is 0 Å². The van der Waals surface area contributed by atoms with Gasteiger partial charge in [0.05, 0.1) is 11.8 Å². The maximum absolute atomic E-state index is 9.80. The van der Waals surface area contributed by atoms with Crippen molar-refractivity contribution in [3.63, 3.8) is 0 Å². The fraction of sp³-hybridized carbons (Fsp3) is 0.800. The highest BCUT2D eigenvalue weighted by Gasteiger charge is 2.21. The molecule has 1 rings (SSSR count). The number of hydrogen-bond acceptors (Lipinski definition) is 3. The topological polar surface area (TPSA) is 50.9 Å². The summed E-state index contributed by atoms with van der Waals surface area (Å²) in [4.78, 5) is 0. The van der Waals surface area contributed by atoms with Crippen LogP contribution in [-0.2, 0) is 13.5 Å². The lowest BCUT2D eigenvalue weighted by Gasteiger charge is -2.25. The van der Waals surface area contributed by atoms with E-state index < -0.39 is 0 Å². The predicted molar refractivity (Wildman–Crippen MR) is 54.8 cm³/mol. The summed E-state index contributed by atoms with van der Waals surface area (Å²) in [6.07, 6.45) is 3.12. The Balaban J connectivity index is 2.41. The second kappa shape index (κ2) is 4.09. The summed E-state index contributed by atoms with van der Waals surface area (Å²) in [5, 5.41) is 17.6. The fourth-order valence-corrected chi connectivity index (χ4v) is 1.23. The maximum Gasteiger partial charge on any atom is 0.0828 e. The zero-order valence-electron chi connectivity index (χ0n) is 9.36. The smallest absolute Gasteiger partial charge is 0.0828 e. The van der Waals surface area contributed by atoms with Gasteiger partial charge in [0.15, 0.2) is 0 Å². The molecule has 80 valence electrons. The molecule has 4 nitrogen and oxygen atoms in total. The van der Waals surface area contributed by atoms with Crippen molar-refractivity contribution >= 4 is 0 Å². The van der Waals surface area contributed by atoms with Gasteiger partial charge in [0.2, 0.25) is 0 Å². The summed E-state index contributed by atoms with van der Waals surface area (Å²) >= 11 is 0. The van der Waals surface area contributed by atoms with E-state index in [4.69, 9.17) is 0 Å². The van der Waals surface area contributed by atoms with Gasteiger partial charge in [-0.1, -0.05) is 26.0 Å². The molecule has 0 fully saturated rings. The van der Waals surface area contributed by atoms with Crippen LogP contribution >= 0.6 is 0 Å². The zero-order valence-corrected chi connectivity index (χ0v) is 9.36. The van der Waals surface area contributed by atoms with Crippen LogP contribution < -0.4 is 0 Å². The molecule has 0 amide bonds. The first-order chi connectivity index (χ1) is 6.39. The summed E-state index contributed by atoms with van der Waals surface area (Å²) in [6.45, 7) is 6.11. The number of hydrogen-bond donors (Lipinski definition) is 1. The second-order valence-corrected chi connectivity index (χ2v) is 4.80. The summed E-state index contributed by atoms with van der Waals surface area (Å²) in [6, 6.07) is 0. The van der Waals surface area contributed by atoms with Crippen molar-refractivity contribution in [3.05, 3.63) is 11.9 Å². The number of aromatic nitrogens is 3. The largest absolute Gasteiger partial charge is 0.393 e. The lowest BCUT2D eigenvalue weighted by atomic mass is 9.86. The van der Waals surface area contributed by atoms with Crippen molar-refractivity contribution in [1.82, 2.24) is 15.0 Å². The SMILES string of the molecule is Cn1cc(CCC(O)C(C)(C)C)nn1. The first-order valence-electron chi connectivity index (χ1n) is 4.93. The lowest BCUT2D eigenvalue weighted by molar-refractivity contribution is 0.0558. The molecule has 1 atom stereocenters. The number of aliphatic hydroxyl groups is 1. The summed E-state index contributed by atoms with van der Waals surface area (Å²) in [5.41, 5.74) is 0.887. The van der Waals surface area contributed by atoms with E-state index in [-0.39, 0.29) is 11.5 Å². The molecule has 4 heteroatoms. The van der Waals surface area contributed by atoms with Crippen LogP contribution in [0.15, 0.2) is 6.20 Å². The molecule has 1 unspecified atom stereocenters. The Bertz CT molecular complexity index is 288. The van der Waals surface area contributed by atoms with Gasteiger partial charge >= 0.3 is 0 Å². The molecule has 0 saturated heterocycles. The van der Waals surface area contributed by atoms with Gasteiger partial charge < -0.3 is 5.11 Å². The Morgan fingerprint density at radius 1 is 1.50 bits per heavy atom. The Kier molecular flexibility index (Phi) is 3.26. The van der Waals surface area contributed by atoms with E-state index in [1.54, 1.807) is 4.68 Å². The highest BCUT2D eigenvalue weighted by molar-refractivity contribution is 4.93. The predicted octanol–water partition coefficient (Wildman–Crippen LogP) is 1.15. The maximum atomic E-state index is 9.80. The number of aryl methyl sites for hydroxylation is 2. The van der Waals surface area contributed by atoms with Gasteiger partial charge in [0, 0.05) is 13.2 Å². The van der Waals surface area contributed by atoms with Crippen LogP contribution in [-0.4, -0.2) is 26.2 Å². The summed E-state index contributed by atoms with van der Waals surface area (Å²) in [5.74, 6) is 0. The minimum absolute atomic E-state index is 0.0534. The molecule has 1 aromatic rings.